The van der Waals surface area contributed by atoms with Gasteiger partial charge in [-0.15, -0.1) is 5.10 Å². The maximum atomic E-state index is 14.0. The highest BCUT2D eigenvalue weighted by molar-refractivity contribution is 7.90. The van der Waals surface area contributed by atoms with Gasteiger partial charge in [0, 0.05) is 6.07 Å². The van der Waals surface area contributed by atoms with Crippen LogP contribution in [0.1, 0.15) is 21.7 Å². The first-order valence-corrected chi connectivity index (χ1v) is 10.3. The van der Waals surface area contributed by atoms with Gasteiger partial charge in [-0.25, -0.2) is 26.6 Å². The van der Waals surface area contributed by atoms with Gasteiger partial charge in [-0.2, -0.15) is 26.3 Å². The number of benzene rings is 2. The van der Waals surface area contributed by atoms with Crippen LogP contribution in [0, 0.1) is 11.6 Å². The Hall–Kier alpha value is -3.27. The van der Waals surface area contributed by atoms with E-state index in [0.29, 0.717) is 24.3 Å². The van der Waals surface area contributed by atoms with E-state index in [1.165, 1.54) is 0 Å². The van der Waals surface area contributed by atoms with Crippen molar-refractivity contribution in [3.05, 3.63) is 70.0 Å². The molecule has 7 nitrogen and oxygen atoms in total. The Morgan fingerprint density at radius 3 is 2.18 bits per heavy atom. The standard InChI is InChI=1S/C17H7ClF8N4O3S/c18-9-3-1-7(16(21,22)23)5-12(9)34(32,33)28-15(31)13-14(17(24,25)26)30(29-27-13)11-4-2-8(19)6-10(11)20/h1-6H,(H,28,31). The third-order valence-corrected chi connectivity index (χ3v) is 5.88. The third-order valence-electron chi connectivity index (χ3n) is 4.07. The number of amides is 1. The van der Waals surface area contributed by atoms with Crippen LogP contribution in [0.3, 0.4) is 0 Å². The van der Waals surface area contributed by atoms with E-state index in [-0.39, 0.29) is 16.8 Å². The molecule has 3 aromatic rings. The number of carbonyl (C=O) groups excluding carboxylic acids is 1. The van der Waals surface area contributed by atoms with E-state index >= 15 is 0 Å². The second kappa shape index (κ2) is 8.50. The lowest BCUT2D eigenvalue weighted by molar-refractivity contribution is -0.143. The van der Waals surface area contributed by atoms with Crippen LogP contribution in [-0.2, 0) is 22.4 Å². The summed E-state index contributed by atoms with van der Waals surface area (Å²) in [5, 5.41) is 5.13. The maximum Gasteiger partial charge on any atom is 0.435 e. The molecule has 0 radical (unpaired) electrons. The van der Waals surface area contributed by atoms with Gasteiger partial charge in [0.25, 0.3) is 15.9 Å². The zero-order chi connectivity index (χ0) is 25.6. The number of nitrogens with zero attached hydrogens (tertiary/aromatic N) is 3. The average molecular weight is 535 g/mol. The normalized spacial score (nSPS) is 12.6. The van der Waals surface area contributed by atoms with Gasteiger partial charge in [-0.05, 0) is 30.3 Å². The summed E-state index contributed by atoms with van der Waals surface area (Å²) in [6.07, 6.45) is -10.5. The van der Waals surface area contributed by atoms with Crippen LogP contribution in [0.5, 0.6) is 0 Å². The minimum atomic E-state index is -5.46. The molecule has 0 fully saturated rings. The molecule has 0 aliphatic rings. The molecule has 1 aromatic heterocycles. The molecule has 182 valence electrons. The number of hydrogen-bond donors (Lipinski definition) is 1. The number of alkyl halides is 6. The van der Waals surface area contributed by atoms with Gasteiger partial charge in [0.2, 0.25) is 0 Å². The lowest BCUT2D eigenvalue weighted by Gasteiger charge is -2.13. The van der Waals surface area contributed by atoms with Crippen molar-refractivity contribution in [3.8, 4) is 5.69 Å². The predicted molar refractivity (Wildman–Crippen MR) is 97.4 cm³/mol. The largest absolute Gasteiger partial charge is 0.435 e. The summed E-state index contributed by atoms with van der Waals surface area (Å²) in [6, 6.07) is 2.41. The molecule has 0 aliphatic carbocycles. The third kappa shape index (κ3) is 4.96. The van der Waals surface area contributed by atoms with Gasteiger partial charge in [0.15, 0.2) is 17.2 Å². The first-order valence-electron chi connectivity index (χ1n) is 8.44. The first-order chi connectivity index (χ1) is 15.5. The zero-order valence-corrected chi connectivity index (χ0v) is 17.4. The van der Waals surface area contributed by atoms with Crippen molar-refractivity contribution >= 4 is 27.5 Å². The molecule has 1 N–H and O–H groups in total. The molecule has 34 heavy (non-hydrogen) atoms. The molecule has 0 saturated heterocycles. The van der Waals surface area contributed by atoms with Crippen molar-refractivity contribution in [3.63, 3.8) is 0 Å². The molecule has 3 rings (SSSR count). The Morgan fingerprint density at radius 1 is 0.971 bits per heavy atom. The highest BCUT2D eigenvalue weighted by Gasteiger charge is 2.43. The van der Waals surface area contributed by atoms with E-state index in [9.17, 15) is 48.3 Å². The fourth-order valence-electron chi connectivity index (χ4n) is 2.62. The van der Waals surface area contributed by atoms with Crippen molar-refractivity contribution in [1.82, 2.24) is 19.7 Å². The number of nitrogens with one attached hydrogen (secondary N) is 1. The molecular formula is C17H7ClF8N4O3S. The van der Waals surface area contributed by atoms with Crippen LogP contribution in [0.15, 0.2) is 41.3 Å². The minimum absolute atomic E-state index is 0.0629. The number of hydrogen-bond acceptors (Lipinski definition) is 5. The van der Waals surface area contributed by atoms with Crippen LogP contribution >= 0.6 is 11.6 Å². The van der Waals surface area contributed by atoms with E-state index in [2.05, 4.69) is 10.3 Å². The number of halogens is 9. The lowest BCUT2D eigenvalue weighted by atomic mass is 10.2. The molecule has 0 bridgehead atoms. The first kappa shape index (κ1) is 25.4. The van der Waals surface area contributed by atoms with Gasteiger partial charge in [0.1, 0.15) is 16.4 Å². The Labute approximate surface area is 189 Å². The number of rotatable bonds is 4. The van der Waals surface area contributed by atoms with Crippen molar-refractivity contribution in [1.29, 1.82) is 0 Å². The number of sulfonamides is 1. The van der Waals surface area contributed by atoms with Crippen molar-refractivity contribution in [2.24, 2.45) is 0 Å². The van der Waals surface area contributed by atoms with Crippen LogP contribution in [-0.4, -0.2) is 29.3 Å². The van der Waals surface area contributed by atoms with Gasteiger partial charge in [-0.1, -0.05) is 16.8 Å². The highest BCUT2D eigenvalue weighted by Crippen LogP contribution is 2.35. The minimum Gasteiger partial charge on any atom is -0.266 e. The van der Waals surface area contributed by atoms with Crippen molar-refractivity contribution < 1.29 is 48.3 Å². The fourth-order valence-corrected chi connectivity index (χ4v) is 4.10. The van der Waals surface area contributed by atoms with E-state index in [0.717, 1.165) is 4.72 Å². The summed E-state index contributed by atoms with van der Waals surface area (Å²) in [4.78, 5) is 11.1. The van der Waals surface area contributed by atoms with Crippen LogP contribution in [0.4, 0.5) is 35.1 Å². The van der Waals surface area contributed by atoms with Crippen LogP contribution in [0.25, 0.3) is 5.69 Å². The van der Waals surface area contributed by atoms with Crippen LogP contribution < -0.4 is 4.72 Å². The topological polar surface area (TPSA) is 93.9 Å². The maximum absolute atomic E-state index is 14.0. The smallest absolute Gasteiger partial charge is 0.266 e. The summed E-state index contributed by atoms with van der Waals surface area (Å²) in [7, 11) is -5.25. The van der Waals surface area contributed by atoms with Crippen molar-refractivity contribution in [2.45, 2.75) is 17.2 Å². The Balaban J connectivity index is 2.07. The molecule has 1 heterocycles. The number of aromatic nitrogens is 3. The Morgan fingerprint density at radius 2 is 1.62 bits per heavy atom. The average Bonchev–Trinajstić information content (AvgIpc) is 3.12. The van der Waals surface area contributed by atoms with Gasteiger partial charge < -0.3 is 0 Å². The second-order valence-corrected chi connectivity index (χ2v) is 8.43. The lowest BCUT2D eigenvalue weighted by Crippen LogP contribution is -2.33. The van der Waals surface area contributed by atoms with Gasteiger partial charge >= 0.3 is 12.4 Å². The van der Waals surface area contributed by atoms with Gasteiger partial charge in [-0.3, -0.25) is 4.79 Å². The summed E-state index contributed by atoms with van der Waals surface area (Å²) < 4.78 is 132. The fraction of sp³-hybridized carbons (Fsp3) is 0.118. The SMILES string of the molecule is O=C(NS(=O)(=O)c1cc(C(F)(F)F)ccc1Cl)c1nnn(-c2ccc(F)cc2F)c1C(F)(F)F. The molecular weight excluding hydrogens is 528 g/mol. The summed E-state index contributed by atoms with van der Waals surface area (Å²) in [5.74, 6) is -4.72. The van der Waals surface area contributed by atoms with E-state index in [4.69, 9.17) is 11.6 Å². The molecule has 0 spiro atoms. The summed E-state index contributed by atoms with van der Waals surface area (Å²) in [5.41, 5.74) is -6.16. The zero-order valence-electron chi connectivity index (χ0n) is 15.8. The van der Waals surface area contributed by atoms with Gasteiger partial charge in [0.05, 0.1) is 10.6 Å². The quantitative estimate of drug-likeness (QED) is 0.502. The summed E-state index contributed by atoms with van der Waals surface area (Å²) >= 11 is 5.60. The second-order valence-electron chi connectivity index (χ2n) is 6.37. The molecule has 1 amide bonds. The molecule has 17 heteroatoms. The van der Waals surface area contributed by atoms with E-state index in [1.54, 1.807) is 0 Å². The van der Waals surface area contributed by atoms with Crippen molar-refractivity contribution in [2.75, 3.05) is 0 Å². The predicted octanol–water partition coefficient (Wildman–Crippen LogP) is 4.36. The molecule has 0 aliphatic heterocycles. The molecule has 0 saturated carbocycles. The monoisotopic (exact) mass is 534 g/mol. The highest BCUT2D eigenvalue weighted by atomic mass is 35.5. The Bertz CT molecular complexity index is 1390. The molecule has 2 aromatic carbocycles. The summed E-state index contributed by atoms with van der Waals surface area (Å²) in [6.45, 7) is 0. The number of carbonyl (C=O) groups is 1. The van der Waals surface area contributed by atoms with E-state index in [1.807, 2.05) is 0 Å². The molecule has 0 atom stereocenters. The molecule has 0 unspecified atom stereocenters. The van der Waals surface area contributed by atoms with E-state index < -0.39 is 72.5 Å². The van der Waals surface area contributed by atoms with Crippen LogP contribution in [0.2, 0.25) is 5.02 Å². The Kier molecular flexibility index (Phi) is 6.34.